The Kier molecular flexibility index (Phi) is 6.20. The number of anilines is 1. The Morgan fingerprint density at radius 2 is 1.52 bits per heavy atom. The number of hydrogen-bond acceptors (Lipinski definition) is 3. The van der Waals surface area contributed by atoms with Gasteiger partial charge in [-0.2, -0.15) is 0 Å². The second-order valence-corrected chi connectivity index (χ2v) is 7.90. The minimum atomic E-state index is -3.21. The number of carbonyl (C=O) groups is 1. The molecule has 0 aromatic heterocycles. The second-order valence-electron chi connectivity index (χ2n) is 5.88. The van der Waals surface area contributed by atoms with Gasteiger partial charge in [0.1, 0.15) is 0 Å². The first-order chi connectivity index (χ1) is 11.8. The maximum absolute atomic E-state index is 12.2. The van der Waals surface area contributed by atoms with E-state index in [4.69, 9.17) is 0 Å². The van der Waals surface area contributed by atoms with Crippen molar-refractivity contribution in [2.45, 2.75) is 38.1 Å². The first-order valence-corrected chi connectivity index (χ1v) is 10.2. The fourth-order valence-electron chi connectivity index (χ4n) is 2.60. The molecule has 0 fully saturated rings. The first-order valence-electron chi connectivity index (χ1n) is 8.29. The number of carbonyl (C=O) groups excluding carboxylic acids is 1. The Labute approximate surface area is 149 Å². The van der Waals surface area contributed by atoms with Crippen molar-refractivity contribution in [3.05, 3.63) is 59.2 Å². The molecule has 0 aliphatic heterocycles. The van der Waals surface area contributed by atoms with Gasteiger partial charge in [-0.15, -0.1) is 0 Å². The molecule has 6 heteroatoms. The predicted molar refractivity (Wildman–Crippen MR) is 101 cm³/mol. The van der Waals surface area contributed by atoms with Crippen LogP contribution in [0.3, 0.4) is 0 Å². The number of rotatable bonds is 6. The van der Waals surface area contributed by atoms with Gasteiger partial charge in [-0.05, 0) is 41.7 Å². The van der Waals surface area contributed by atoms with E-state index in [9.17, 15) is 13.2 Å². The van der Waals surface area contributed by atoms with Crippen LogP contribution in [0.2, 0.25) is 0 Å². The van der Waals surface area contributed by atoms with E-state index in [0.717, 1.165) is 35.2 Å². The Hall–Kier alpha value is -2.34. The van der Waals surface area contributed by atoms with Gasteiger partial charge < -0.3 is 10.6 Å². The second kappa shape index (κ2) is 8.16. The lowest BCUT2D eigenvalue weighted by Crippen LogP contribution is -2.29. The summed E-state index contributed by atoms with van der Waals surface area (Å²) in [5, 5.41) is 5.75. The number of benzene rings is 2. The summed E-state index contributed by atoms with van der Waals surface area (Å²) in [4.78, 5) is 12.5. The zero-order chi connectivity index (χ0) is 18.4. The Bertz CT molecular complexity index is 821. The Morgan fingerprint density at radius 1 is 0.960 bits per heavy atom. The zero-order valence-electron chi connectivity index (χ0n) is 14.8. The van der Waals surface area contributed by atoms with Crippen LogP contribution in [0.25, 0.3) is 0 Å². The third-order valence-corrected chi connectivity index (χ3v) is 5.17. The lowest BCUT2D eigenvalue weighted by molar-refractivity contribution is 0.251. The molecular weight excluding hydrogens is 336 g/mol. The standard InChI is InChI=1S/C19H24N2O3S/c1-4-15-7-6-8-16(5-2)18(15)21-19(22)20-13-14-9-11-17(12-10-14)25(3,23)24/h6-12H,4-5,13H2,1-3H3,(H2,20,21,22). The average Bonchev–Trinajstić information content (AvgIpc) is 2.59. The van der Waals surface area contributed by atoms with Crippen molar-refractivity contribution < 1.29 is 13.2 Å². The summed E-state index contributed by atoms with van der Waals surface area (Å²) in [6.45, 7) is 4.44. The summed E-state index contributed by atoms with van der Waals surface area (Å²) in [7, 11) is -3.21. The van der Waals surface area contributed by atoms with Crippen LogP contribution in [0, 0.1) is 0 Å². The van der Waals surface area contributed by atoms with Crippen LogP contribution in [0.1, 0.15) is 30.5 Å². The number of urea groups is 1. The van der Waals surface area contributed by atoms with E-state index in [-0.39, 0.29) is 10.9 Å². The largest absolute Gasteiger partial charge is 0.334 e. The van der Waals surface area contributed by atoms with Crippen molar-refractivity contribution in [1.29, 1.82) is 0 Å². The minimum Gasteiger partial charge on any atom is -0.334 e. The summed E-state index contributed by atoms with van der Waals surface area (Å²) in [6, 6.07) is 12.3. The van der Waals surface area contributed by atoms with Crippen LogP contribution in [0.4, 0.5) is 10.5 Å². The van der Waals surface area contributed by atoms with Gasteiger partial charge >= 0.3 is 6.03 Å². The number of sulfone groups is 1. The van der Waals surface area contributed by atoms with Crippen molar-refractivity contribution in [3.63, 3.8) is 0 Å². The quantitative estimate of drug-likeness (QED) is 0.827. The lowest BCUT2D eigenvalue weighted by atomic mass is 10.0. The van der Waals surface area contributed by atoms with E-state index in [1.807, 2.05) is 18.2 Å². The lowest BCUT2D eigenvalue weighted by Gasteiger charge is -2.15. The molecule has 0 bridgehead atoms. The van der Waals surface area contributed by atoms with E-state index in [1.165, 1.54) is 6.26 Å². The molecule has 134 valence electrons. The van der Waals surface area contributed by atoms with Gasteiger partial charge in [0.25, 0.3) is 0 Å². The molecule has 2 amide bonds. The molecule has 25 heavy (non-hydrogen) atoms. The summed E-state index contributed by atoms with van der Waals surface area (Å²) in [5.41, 5.74) is 3.92. The molecule has 0 atom stereocenters. The van der Waals surface area contributed by atoms with E-state index >= 15 is 0 Å². The smallest absolute Gasteiger partial charge is 0.319 e. The zero-order valence-corrected chi connectivity index (χ0v) is 15.6. The number of para-hydroxylation sites is 1. The molecule has 2 N–H and O–H groups in total. The van der Waals surface area contributed by atoms with Crippen molar-refractivity contribution in [3.8, 4) is 0 Å². The van der Waals surface area contributed by atoms with Gasteiger partial charge in [0, 0.05) is 18.5 Å². The van der Waals surface area contributed by atoms with Gasteiger partial charge in [-0.1, -0.05) is 44.2 Å². The maximum Gasteiger partial charge on any atom is 0.319 e. The average molecular weight is 360 g/mol. The third kappa shape index (κ3) is 5.06. The van der Waals surface area contributed by atoms with Gasteiger partial charge in [-0.3, -0.25) is 0 Å². The van der Waals surface area contributed by atoms with Crippen molar-refractivity contribution in [1.82, 2.24) is 5.32 Å². The molecule has 0 heterocycles. The number of nitrogens with one attached hydrogen (secondary N) is 2. The van der Waals surface area contributed by atoms with Gasteiger partial charge in [0.15, 0.2) is 9.84 Å². The fourth-order valence-corrected chi connectivity index (χ4v) is 3.23. The van der Waals surface area contributed by atoms with Crippen LogP contribution in [0.5, 0.6) is 0 Å². The van der Waals surface area contributed by atoms with Gasteiger partial charge in [-0.25, -0.2) is 13.2 Å². The number of aryl methyl sites for hydroxylation is 2. The van der Waals surface area contributed by atoms with Crippen LogP contribution in [-0.2, 0) is 29.2 Å². The maximum atomic E-state index is 12.2. The summed E-state index contributed by atoms with van der Waals surface area (Å²) >= 11 is 0. The van der Waals surface area contributed by atoms with Gasteiger partial charge in [0.2, 0.25) is 0 Å². The predicted octanol–water partition coefficient (Wildman–Crippen LogP) is 3.54. The first kappa shape index (κ1) is 19.0. The highest BCUT2D eigenvalue weighted by atomic mass is 32.2. The Morgan fingerprint density at radius 3 is 2.00 bits per heavy atom. The molecule has 0 unspecified atom stereocenters. The van der Waals surface area contributed by atoms with Crippen LogP contribution in [-0.4, -0.2) is 20.7 Å². The fraction of sp³-hybridized carbons (Fsp3) is 0.316. The summed E-state index contributed by atoms with van der Waals surface area (Å²) in [5.74, 6) is 0. The molecule has 2 rings (SSSR count). The normalized spacial score (nSPS) is 11.2. The minimum absolute atomic E-state index is 0.269. The van der Waals surface area contributed by atoms with E-state index in [2.05, 4.69) is 24.5 Å². The molecule has 0 aliphatic carbocycles. The highest BCUT2D eigenvalue weighted by molar-refractivity contribution is 7.90. The molecule has 0 aliphatic rings. The summed E-state index contributed by atoms with van der Waals surface area (Å²) in [6.07, 6.45) is 2.86. The van der Waals surface area contributed by atoms with Crippen molar-refractivity contribution in [2.75, 3.05) is 11.6 Å². The van der Waals surface area contributed by atoms with E-state index in [1.54, 1.807) is 24.3 Å². The molecule has 5 nitrogen and oxygen atoms in total. The topological polar surface area (TPSA) is 75.3 Å². The summed E-state index contributed by atoms with van der Waals surface area (Å²) < 4.78 is 22.9. The molecular formula is C19H24N2O3S. The molecule has 2 aromatic rings. The van der Waals surface area contributed by atoms with E-state index < -0.39 is 9.84 Å². The van der Waals surface area contributed by atoms with Crippen LogP contribution < -0.4 is 10.6 Å². The van der Waals surface area contributed by atoms with Gasteiger partial charge in [0.05, 0.1) is 4.90 Å². The van der Waals surface area contributed by atoms with Crippen molar-refractivity contribution in [2.24, 2.45) is 0 Å². The number of amides is 2. The molecule has 0 saturated carbocycles. The van der Waals surface area contributed by atoms with E-state index in [0.29, 0.717) is 6.54 Å². The highest BCUT2D eigenvalue weighted by Gasteiger charge is 2.10. The number of hydrogen-bond donors (Lipinski definition) is 2. The third-order valence-electron chi connectivity index (χ3n) is 4.04. The van der Waals surface area contributed by atoms with Crippen LogP contribution in [0.15, 0.2) is 47.4 Å². The molecule has 2 aromatic carbocycles. The SMILES string of the molecule is CCc1cccc(CC)c1NC(=O)NCc1ccc(S(C)(=O)=O)cc1. The van der Waals surface area contributed by atoms with Crippen molar-refractivity contribution >= 4 is 21.6 Å². The monoisotopic (exact) mass is 360 g/mol. The Balaban J connectivity index is 2.02. The molecule has 0 radical (unpaired) electrons. The highest BCUT2D eigenvalue weighted by Crippen LogP contribution is 2.22. The molecule has 0 spiro atoms. The van der Waals surface area contributed by atoms with Crippen LogP contribution >= 0.6 is 0 Å². The molecule has 0 saturated heterocycles.